The number of hydrogen-bond donors (Lipinski definition) is 2. The van der Waals surface area contributed by atoms with Crippen molar-refractivity contribution in [3.8, 4) is 10.4 Å². The molecule has 0 aliphatic rings. The van der Waals surface area contributed by atoms with Crippen molar-refractivity contribution in [2.75, 3.05) is 44.9 Å². The van der Waals surface area contributed by atoms with Gasteiger partial charge in [-0.3, -0.25) is 0 Å². The first kappa shape index (κ1) is 15.8. The highest BCUT2D eigenvalue weighted by atomic mass is 32.1. The highest BCUT2D eigenvalue weighted by Crippen LogP contribution is 2.36. The summed E-state index contributed by atoms with van der Waals surface area (Å²) >= 11 is 1.68. The molecule has 3 aromatic heterocycles. The van der Waals surface area contributed by atoms with Gasteiger partial charge in [0.25, 0.3) is 0 Å². The molecule has 0 saturated carbocycles. The first-order valence-electron chi connectivity index (χ1n) is 7.58. The van der Waals surface area contributed by atoms with Gasteiger partial charge >= 0.3 is 0 Å². The van der Waals surface area contributed by atoms with Crippen LogP contribution in [0.5, 0.6) is 0 Å². The standard InChI is InChI=1S/C16H21N5OS/c1-17-16-19-12-9-13(11-5-8-22-10-11)23-14(12)15(20-16)18-6-4-7-21(2)3/h5,8-10H,4,6-7H2,1-3H3,(H2,17,18,19,20). The van der Waals surface area contributed by atoms with Crippen LogP contribution in [0.25, 0.3) is 20.7 Å². The lowest BCUT2D eigenvalue weighted by Crippen LogP contribution is -2.16. The molecule has 0 amide bonds. The van der Waals surface area contributed by atoms with Crippen LogP contribution in [0.2, 0.25) is 0 Å². The van der Waals surface area contributed by atoms with E-state index in [1.807, 2.05) is 13.1 Å². The summed E-state index contributed by atoms with van der Waals surface area (Å²) < 4.78 is 6.25. The van der Waals surface area contributed by atoms with Gasteiger partial charge in [0.15, 0.2) is 0 Å². The molecule has 7 heteroatoms. The SMILES string of the molecule is CNc1nc(NCCCN(C)C)c2sc(-c3ccoc3)cc2n1. The van der Waals surface area contributed by atoms with E-state index in [1.165, 1.54) is 0 Å². The van der Waals surface area contributed by atoms with E-state index >= 15 is 0 Å². The normalized spacial score (nSPS) is 11.3. The summed E-state index contributed by atoms with van der Waals surface area (Å²) in [7, 11) is 6.00. The quantitative estimate of drug-likeness (QED) is 0.647. The van der Waals surface area contributed by atoms with Gasteiger partial charge in [0.05, 0.1) is 22.7 Å². The molecule has 0 unspecified atom stereocenters. The highest BCUT2D eigenvalue weighted by molar-refractivity contribution is 7.22. The zero-order valence-corrected chi connectivity index (χ0v) is 14.4. The molecule has 122 valence electrons. The summed E-state index contributed by atoms with van der Waals surface area (Å²) in [6, 6.07) is 4.04. The van der Waals surface area contributed by atoms with Crippen molar-refractivity contribution in [3.63, 3.8) is 0 Å². The lowest BCUT2D eigenvalue weighted by Gasteiger charge is -2.11. The molecule has 0 spiro atoms. The Morgan fingerprint density at radius 1 is 1.30 bits per heavy atom. The molecule has 23 heavy (non-hydrogen) atoms. The molecular weight excluding hydrogens is 310 g/mol. The van der Waals surface area contributed by atoms with Gasteiger partial charge in [0.1, 0.15) is 5.82 Å². The molecule has 0 aromatic carbocycles. The third-order valence-corrected chi connectivity index (χ3v) is 4.66. The molecule has 0 saturated heterocycles. The number of rotatable bonds is 7. The van der Waals surface area contributed by atoms with Crippen molar-refractivity contribution in [2.45, 2.75) is 6.42 Å². The number of furan rings is 1. The van der Waals surface area contributed by atoms with Gasteiger partial charge in [-0.05, 0) is 39.2 Å². The Morgan fingerprint density at radius 2 is 2.17 bits per heavy atom. The first-order chi connectivity index (χ1) is 11.2. The van der Waals surface area contributed by atoms with Crippen molar-refractivity contribution in [2.24, 2.45) is 0 Å². The summed E-state index contributed by atoms with van der Waals surface area (Å²) in [5, 5.41) is 6.47. The van der Waals surface area contributed by atoms with Gasteiger partial charge < -0.3 is 20.0 Å². The Hall–Kier alpha value is -2.12. The second-order valence-corrected chi connectivity index (χ2v) is 6.62. The molecule has 0 bridgehead atoms. The van der Waals surface area contributed by atoms with Crippen LogP contribution in [0.3, 0.4) is 0 Å². The van der Waals surface area contributed by atoms with Gasteiger partial charge in [-0.25, -0.2) is 4.98 Å². The Kier molecular flexibility index (Phi) is 4.78. The Balaban J connectivity index is 1.88. The average molecular weight is 331 g/mol. The van der Waals surface area contributed by atoms with Gasteiger partial charge in [0, 0.05) is 24.0 Å². The van der Waals surface area contributed by atoms with E-state index in [9.17, 15) is 0 Å². The fourth-order valence-corrected chi connectivity index (χ4v) is 3.36. The minimum atomic E-state index is 0.629. The molecule has 6 nitrogen and oxygen atoms in total. The van der Waals surface area contributed by atoms with E-state index < -0.39 is 0 Å². The van der Waals surface area contributed by atoms with Gasteiger partial charge in [-0.15, -0.1) is 11.3 Å². The summed E-state index contributed by atoms with van der Waals surface area (Å²) in [6.45, 7) is 1.93. The van der Waals surface area contributed by atoms with Crippen molar-refractivity contribution in [1.82, 2.24) is 14.9 Å². The topological polar surface area (TPSA) is 66.2 Å². The third-order valence-electron chi connectivity index (χ3n) is 3.48. The molecule has 0 atom stereocenters. The summed E-state index contributed by atoms with van der Waals surface area (Å²) in [5.41, 5.74) is 2.01. The number of nitrogens with zero attached hydrogens (tertiary/aromatic N) is 3. The van der Waals surface area contributed by atoms with Crippen LogP contribution in [0.1, 0.15) is 6.42 Å². The zero-order valence-electron chi connectivity index (χ0n) is 13.6. The van der Waals surface area contributed by atoms with Crippen molar-refractivity contribution >= 4 is 33.3 Å². The first-order valence-corrected chi connectivity index (χ1v) is 8.39. The predicted octanol–water partition coefficient (Wildman–Crippen LogP) is 3.36. The molecule has 3 heterocycles. The fourth-order valence-electron chi connectivity index (χ4n) is 2.31. The number of thiophene rings is 1. The van der Waals surface area contributed by atoms with Crippen molar-refractivity contribution in [3.05, 3.63) is 24.7 Å². The maximum Gasteiger partial charge on any atom is 0.225 e. The fraction of sp³-hybridized carbons (Fsp3) is 0.375. The van der Waals surface area contributed by atoms with Crippen LogP contribution in [0.4, 0.5) is 11.8 Å². The zero-order chi connectivity index (χ0) is 16.2. The lowest BCUT2D eigenvalue weighted by atomic mass is 10.3. The highest BCUT2D eigenvalue weighted by Gasteiger charge is 2.13. The number of nitrogens with one attached hydrogen (secondary N) is 2. The van der Waals surface area contributed by atoms with E-state index in [4.69, 9.17) is 4.42 Å². The largest absolute Gasteiger partial charge is 0.472 e. The summed E-state index contributed by atoms with van der Waals surface area (Å²) in [5.74, 6) is 1.52. The van der Waals surface area contributed by atoms with Crippen LogP contribution >= 0.6 is 11.3 Å². The van der Waals surface area contributed by atoms with Gasteiger partial charge in [-0.2, -0.15) is 4.98 Å². The molecule has 3 aromatic rings. The summed E-state index contributed by atoms with van der Waals surface area (Å²) in [4.78, 5) is 12.4. The second-order valence-electron chi connectivity index (χ2n) is 5.57. The molecule has 0 fully saturated rings. The number of fused-ring (bicyclic) bond motifs is 1. The molecule has 0 radical (unpaired) electrons. The Morgan fingerprint density at radius 3 is 2.87 bits per heavy atom. The van der Waals surface area contributed by atoms with E-state index in [0.717, 1.165) is 46.0 Å². The van der Waals surface area contributed by atoms with E-state index in [2.05, 4.69) is 45.7 Å². The maximum atomic E-state index is 5.18. The molecule has 0 aliphatic heterocycles. The second kappa shape index (κ2) is 6.97. The van der Waals surface area contributed by atoms with Crippen molar-refractivity contribution in [1.29, 1.82) is 0 Å². The minimum Gasteiger partial charge on any atom is -0.472 e. The monoisotopic (exact) mass is 331 g/mol. The van der Waals surface area contributed by atoms with E-state index in [1.54, 1.807) is 23.9 Å². The average Bonchev–Trinajstić information content (AvgIpc) is 3.19. The molecule has 2 N–H and O–H groups in total. The van der Waals surface area contributed by atoms with Crippen molar-refractivity contribution < 1.29 is 4.42 Å². The Labute approximate surface area is 139 Å². The smallest absolute Gasteiger partial charge is 0.225 e. The lowest BCUT2D eigenvalue weighted by molar-refractivity contribution is 0.405. The number of aromatic nitrogens is 2. The van der Waals surface area contributed by atoms with E-state index in [-0.39, 0.29) is 0 Å². The summed E-state index contributed by atoms with van der Waals surface area (Å²) in [6.07, 6.45) is 4.50. The van der Waals surface area contributed by atoms with Crippen LogP contribution < -0.4 is 10.6 Å². The van der Waals surface area contributed by atoms with E-state index in [0.29, 0.717) is 5.95 Å². The maximum absolute atomic E-state index is 5.18. The molecular formula is C16H21N5OS. The molecule has 3 rings (SSSR count). The van der Waals surface area contributed by atoms with Gasteiger partial charge in [-0.1, -0.05) is 0 Å². The Bertz CT molecular complexity index is 766. The predicted molar refractivity (Wildman–Crippen MR) is 96.3 cm³/mol. The number of hydrogen-bond acceptors (Lipinski definition) is 7. The van der Waals surface area contributed by atoms with Crippen LogP contribution in [-0.4, -0.2) is 49.1 Å². The number of anilines is 2. The molecule has 0 aliphatic carbocycles. The van der Waals surface area contributed by atoms with Crippen LogP contribution in [0.15, 0.2) is 29.1 Å². The van der Waals surface area contributed by atoms with Crippen LogP contribution in [0, 0.1) is 0 Å². The van der Waals surface area contributed by atoms with Crippen LogP contribution in [-0.2, 0) is 0 Å². The van der Waals surface area contributed by atoms with Gasteiger partial charge in [0.2, 0.25) is 5.95 Å². The minimum absolute atomic E-state index is 0.629. The third kappa shape index (κ3) is 3.62.